The van der Waals surface area contributed by atoms with Crippen molar-refractivity contribution >= 4 is 5.95 Å². The minimum absolute atomic E-state index is 0.530. The Morgan fingerprint density at radius 2 is 1.58 bits per heavy atom. The number of nitrogens with zero attached hydrogens (tertiary/aromatic N) is 4. The smallest absolute Gasteiger partial charge is 0.253 e. The summed E-state index contributed by atoms with van der Waals surface area (Å²) in [6.07, 6.45) is 0. The average Bonchev–Trinajstić information content (AvgIpc) is 2.01. The van der Waals surface area contributed by atoms with Gasteiger partial charge in [-0.15, -0.1) is 0 Å². The quantitative estimate of drug-likeness (QED) is 0.601. The molecule has 0 bridgehead atoms. The van der Waals surface area contributed by atoms with Crippen molar-refractivity contribution in [2.24, 2.45) is 0 Å². The SMILES string of the molecule is CON(C)c1nc(C)nc(C)n1. The predicted molar refractivity (Wildman–Crippen MR) is 44.7 cm³/mol. The van der Waals surface area contributed by atoms with Gasteiger partial charge in [0.1, 0.15) is 11.6 Å². The van der Waals surface area contributed by atoms with Crippen LogP contribution in [0.4, 0.5) is 5.95 Å². The van der Waals surface area contributed by atoms with Crippen molar-refractivity contribution in [3.8, 4) is 0 Å². The first-order valence-corrected chi connectivity index (χ1v) is 3.60. The topological polar surface area (TPSA) is 51.1 Å². The van der Waals surface area contributed by atoms with Crippen LogP contribution in [0.3, 0.4) is 0 Å². The van der Waals surface area contributed by atoms with E-state index in [2.05, 4.69) is 15.0 Å². The van der Waals surface area contributed by atoms with E-state index < -0.39 is 0 Å². The molecule has 0 aliphatic carbocycles. The van der Waals surface area contributed by atoms with E-state index in [-0.39, 0.29) is 0 Å². The van der Waals surface area contributed by atoms with Crippen LogP contribution < -0.4 is 5.06 Å². The number of hydrogen-bond donors (Lipinski definition) is 0. The summed E-state index contributed by atoms with van der Waals surface area (Å²) in [6.45, 7) is 3.64. The van der Waals surface area contributed by atoms with Gasteiger partial charge < -0.3 is 0 Å². The molecule has 1 aromatic rings. The van der Waals surface area contributed by atoms with E-state index in [4.69, 9.17) is 4.84 Å². The third kappa shape index (κ3) is 1.88. The zero-order chi connectivity index (χ0) is 9.14. The maximum Gasteiger partial charge on any atom is 0.253 e. The first-order valence-electron chi connectivity index (χ1n) is 3.60. The molecule has 0 fully saturated rings. The highest BCUT2D eigenvalue weighted by Gasteiger charge is 2.04. The van der Waals surface area contributed by atoms with E-state index in [0.717, 1.165) is 0 Å². The lowest BCUT2D eigenvalue weighted by molar-refractivity contribution is 0.179. The van der Waals surface area contributed by atoms with Crippen LogP contribution in [0.2, 0.25) is 0 Å². The molecule has 0 spiro atoms. The summed E-state index contributed by atoms with van der Waals surface area (Å²) in [7, 11) is 3.31. The fourth-order valence-corrected chi connectivity index (χ4v) is 0.821. The molecule has 5 nitrogen and oxygen atoms in total. The minimum Gasteiger partial charge on any atom is -0.274 e. The summed E-state index contributed by atoms with van der Waals surface area (Å²) in [5.74, 6) is 1.92. The second-order valence-electron chi connectivity index (χ2n) is 2.41. The van der Waals surface area contributed by atoms with E-state index in [9.17, 15) is 0 Å². The summed E-state index contributed by atoms with van der Waals surface area (Å²) in [6, 6.07) is 0. The van der Waals surface area contributed by atoms with Crippen LogP contribution in [0.1, 0.15) is 11.6 Å². The molecule has 66 valence electrons. The molecule has 0 unspecified atom stereocenters. The maximum atomic E-state index is 4.93. The Kier molecular flexibility index (Phi) is 2.54. The minimum atomic E-state index is 0.530. The Balaban J connectivity index is 3.00. The molecular weight excluding hydrogens is 156 g/mol. The molecule has 0 N–H and O–H groups in total. The van der Waals surface area contributed by atoms with E-state index in [0.29, 0.717) is 17.6 Å². The van der Waals surface area contributed by atoms with Crippen molar-refractivity contribution in [3.63, 3.8) is 0 Å². The van der Waals surface area contributed by atoms with Crippen LogP contribution in [0, 0.1) is 13.8 Å². The Labute approximate surface area is 71.4 Å². The molecule has 0 saturated heterocycles. The predicted octanol–water partition coefficient (Wildman–Crippen LogP) is 0.486. The molecule has 0 aliphatic heterocycles. The normalized spacial score (nSPS) is 10.0. The molecule has 0 saturated carbocycles. The second-order valence-corrected chi connectivity index (χ2v) is 2.41. The number of hydroxylamine groups is 1. The molecular formula is C7H12N4O. The van der Waals surface area contributed by atoms with E-state index >= 15 is 0 Å². The van der Waals surface area contributed by atoms with E-state index in [1.807, 2.05) is 13.8 Å². The molecule has 0 radical (unpaired) electrons. The number of aromatic nitrogens is 3. The van der Waals surface area contributed by atoms with Crippen LogP contribution in [0.5, 0.6) is 0 Å². The van der Waals surface area contributed by atoms with Crippen molar-refractivity contribution in [3.05, 3.63) is 11.6 Å². The van der Waals surface area contributed by atoms with Crippen molar-refractivity contribution in [2.75, 3.05) is 19.2 Å². The van der Waals surface area contributed by atoms with Gasteiger partial charge in [-0.2, -0.15) is 9.97 Å². The van der Waals surface area contributed by atoms with Gasteiger partial charge in [0.25, 0.3) is 5.95 Å². The van der Waals surface area contributed by atoms with Crippen LogP contribution in [0.15, 0.2) is 0 Å². The molecule has 0 atom stereocenters. The molecule has 1 aromatic heterocycles. The summed E-state index contributed by atoms with van der Waals surface area (Å²) in [5, 5.41) is 1.49. The zero-order valence-corrected chi connectivity index (χ0v) is 7.70. The van der Waals surface area contributed by atoms with Gasteiger partial charge in [0.15, 0.2) is 0 Å². The number of aryl methyl sites for hydroxylation is 2. The molecule has 1 heterocycles. The Hall–Kier alpha value is -1.23. The lowest BCUT2D eigenvalue weighted by atomic mass is 10.6. The lowest BCUT2D eigenvalue weighted by Gasteiger charge is -2.13. The molecule has 12 heavy (non-hydrogen) atoms. The Morgan fingerprint density at radius 3 is 2.00 bits per heavy atom. The van der Waals surface area contributed by atoms with Gasteiger partial charge in [0.05, 0.1) is 7.11 Å². The molecule has 0 aliphatic rings. The third-order valence-corrected chi connectivity index (χ3v) is 1.40. The van der Waals surface area contributed by atoms with Crippen LogP contribution in [-0.2, 0) is 4.84 Å². The fraction of sp³-hybridized carbons (Fsp3) is 0.571. The summed E-state index contributed by atoms with van der Waals surface area (Å²) in [5.41, 5.74) is 0. The van der Waals surface area contributed by atoms with Crippen molar-refractivity contribution in [1.82, 2.24) is 15.0 Å². The van der Waals surface area contributed by atoms with E-state index in [1.165, 1.54) is 5.06 Å². The molecule has 5 heteroatoms. The van der Waals surface area contributed by atoms with Crippen LogP contribution in [0.25, 0.3) is 0 Å². The molecule has 0 amide bonds. The summed E-state index contributed by atoms with van der Waals surface area (Å²) in [4.78, 5) is 17.1. The van der Waals surface area contributed by atoms with Gasteiger partial charge in [-0.1, -0.05) is 0 Å². The highest BCUT2D eigenvalue weighted by atomic mass is 16.7. The number of rotatable bonds is 2. The molecule has 0 aromatic carbocycles. The van der Waals surface area contributed by atoms with Gasteiger partial charge >= 0.3 is 0 Å². The third-order valence-electron chi connectivity index (χ3n) is 1.40. The Morgan fingerprint density at radius 1 is 1.08 bits per heavy atom. The Bertz CT molecular complexity index is 256. The van der Waals surface area contributed by atoms with E-state index in [1.54, 1.807) is 14.2 Å². The van der Waals surface area contributed by atoms with Crippen LogP contribution >= 0.6 is 0 Å². The average molecular weight is 168 g/mol. The second kappa shape index (κ2) is 3.44. The molecule has 1 rings (SSSR count). The van der Waals surface area contributed by atoms with Crippen LogP contribution in [-0.4, -0.2) is 29.1 Å². The largest absolute Gasteiger partial charge is 0.274 e. The zero-order valence-electron chi connectivity index (χ0n) is 7.70. The summed E-state index contributed by atoms with van der Waals surface area (Å²) >= 11 is 0. The highest BCUT2D eigenvalue weighted by Crippen LogP contribution is 2.04. The monoisotopic (exact) mass is 168 g/mol. The van der Waals surface area contributed by atoms with Gasteiger partial charge in [-0.05, 0) is 13.8 Å². The number of anilines is 1. The van der Waals surface area contributed by atoms with Gasteiger partial charge in [-0.25, -0.2) is 10.0 Å². The standard InChI is InChI=1S/C7H12N4O/c1-5-8-6(2)10-7(9-5)11(3)12-4/h1-4H3. The highest BCUT2D eigenvalue weighted by molar-refractivity contribution is 5.23. The lowest BCUT2D eigenvalue weighted by Crippen LogP contribution is -2.19. The summed E-state index contributed by atoms with van der Waals surface area (Å²) < 4.78 is 0. The van der Waals surface area contributed by atoms with Crippen molar-refractivity contribution < 1.29 is 4.84 Å². The van der Waals surface area contributed by atoms with Gasteiger partial charge in [0.2, 0.25) is 0 Å². The van der Waals surface area contributed by atoms with Gasteiger partial charge in [-0.3, -0.25) is 4.84 Å². The first kappa shape index (κ1) is 8.86. The van der Waals surface area contributed by atoms with Crippen molar-refractivity contribution in [1.29, 1.82) is 0 Å². The first-order chi connectivity index (χ1) is 5.63. The maximum absolute atomic E-state index is 4.93. The van der Waals surface area contributed by atoms with Gasteiger partial charge in [0, 0.05) is 7.05 Å². The number of hydrogen-bond acceptors (Lipinski definition) is 5. The fourth-order valence-electron chi connectivity index (χ4n) is 0.821. The van der Waals surface area contributed by atoms with Crippen molar-refractivity contribution in [2.45, 2.75) is 13.8 Å².